The third-order valence-corrected chi connectivity index (χ3v) is 4.86. The third kappa shape index (κ3) is 3.70. The summed E-state index contributed by atoms with van der Waals surface area (Å²) in [5.41, 5.74) is 7.52. The Bertz CT molecular complexity index is 1090. The van der Waals surface area contributed by atoms with Crippen LogP contribution in [0, 0.1) is 11.8 Å². The number of hydrogen-bond donors (Lipinski definition) is 2. The summed E-state index contributed by atoms with van der Waals surface area (Å²) in [6.45, 7) is 4.35. The number of hydrogen-bond acceptors (Lipinski definition) is 7. The molecule has 3 heterocycles. The molecule has 4 rings (SSSR count). The first-order chi connectivity index (χ1) is 14.5. The van der Waals surface area contributed by atoms with Gasteiger partial charge in [0.25, 0.3) is 5.91 Å². The standard InChI is InChI=1S/C22H21N5O3/c1-3-4-10-29-16-6-7-18(24-13-16)21(28)25-15-5-8-19-17(12-15)22(9-11-30-19)26-14(2)20(23)27-22/h5-8,12-13H,9-11H2,1-2H3,(H2,23,27)(H,25,28). The summed E-state index contributed by atoms with van der Waals surface area (Å²) in [6, 6.07) is 8.69. The van der Waals surface area contributed by atoms with Crippen molar-refractivity contribution in [2.45, 2.75) is 25.9 Å². The van der Waals surface area contributed by atoms with Crippen molar-refractivity contribution in [3.8, 4) is 23.3 Å². The van der Waals surface area contributed by atoms with E-state index in [0.717, 1.165) is 5.56 Å². The maximum Gasteiger partial charge on any atom is 0.274 e. The van der Waals surface area contributed by atoms with Crippen molar-refractivity contribution in [3.63, 3.8) is 0 Å². The zero-order valence-electron chi connectivity index (χ0n) is 16.7. The molecule has 2 aliphatic heterocycles. The molecule has 1 spiro atoms. The van der Waals surface area contributed by atoms with E-state index in [1.807, 2.05) is 13.0 Å². The predicted octanol–water partition coefficient (Wildman–Crippen LogP) is 2.50. The Balaban J connectivity index is 1.53. The minimum atomic E-state index is -0.791. The van der Waals surface area contributed by atoms with Gasteiger partial charge in [-0.3, -0.25) is 9.79 Å². The maximum absolute atomic E-state index is 12.6. The highest BCUT2D eigenvalue weighted by Gasteiger charge is 2.41. The van der Waals surface area contributed by atoms with Crippen molar-refractivity contribution in [3.05, 3.63) is 47.8 Å². The van der Waals surface area contributed by atoms with E-state index >= 15 is 0 Å². The normalized spacial score (nSPS) is 19.0. The monoisotopic (exact) mass is 403 g/mol. The van der Waals surface area contributed by atoms with Crippen LogP contribution in [-0.2, 0) is 5.66 Å². The summed E-state index contributed by atoms with van der Waals surface area (Å²) in [7, 11) is 0. The van der Waals surface area contributed by atoms with Gasteiger partial charge in [0.15, 0.2) is 5.66 Å². The fraction of sp³-hybridized carbons (Fsp3) is 0.273. The average molecular weight is 403 g/mol. The lowest BCUT2D eigenvalue weighted by molar-refractivity contribution is 0.102. The number of nitrogens with zero attached hydrogens (tertiary/aromatic N) is 3. The molecule has 0 bridgehead atoms. The predicted molar refractivity (Wildman–Crippen MR) is 114 cm³/mol. The number of fused-ring (bicyclic) bond motifs is 2. The number of nitrogens with one attached hydrogen (secondary N) is 1. The van der Waals surface area contributed by atoms with Crippen LogP contribution in [0.15, 0.2) is 46.5 Å². The summed E-state index contributed by atoms with van der Waals surface area (Å²) in [5.74, 6) is 6.87. The molecule has 1 atom stereocenters. The molecular weight excluding hydrogens is 382 g/mol. The second-order valence-corrected chi connectivity index (χ2v) is 6.87. The van der Waals surface area contributed by atoms with Gasteiger partial charge >= 0.3 is 0 Å². The molecule has 2 aliphatic rings. The van der Waals surface area contributed by atoms with Crippen molar-refractivity contribution < 1.29 is 14.3 Å². The Morgan fingerprint density at radius 2 is 2.20 bits per heavy atom. The lowest BCUT2D eigenvalue weighted by Gasteiger charge is -2.31. The zero-order chi connectivity index (χ0) is 21.1. The van der Waals surface area contributed by atoms with Crippen molar-refractivity contribution in [2.24, 2.45) is 15.7 Å². The fourth-order valence-electron chi connectivity index (χ4n) is 3.34. The molecule has 0 fully saturated rings. The smallest absolute Gasteiger partial charge is 0.274 e. The Morgan fingerprint density at radius 3 is 2.90 bits per heavy atom. The number of amides is 1. The second-order valence-electron chi connectivity index (χ2n) is 6.87. The number of nitrogens with two attached hydrogens (primary N) is 1. The van der Waals surface area contributed by atoms with Crippen molar-refractivity contribution in [1.29, 1.82) is 0 Å². The highest BCUT2D eigenvalue weighted by atomic mass is 16.5. The lowest BCUT2D eigenvalue weighted by Crippen LogP contribution is -2.28. The summed E-state index contributed by atoms with van der Waals surface area (Å²) in [4.78, 5) is 26.1. The molecule has 152 valence electrons. The van der Waals surface area contributed by atoms with E-state index in [1.54, 1.807) is 31.2 Å². The van der Waals surface area contributed by atoms with Crippen LogP contribution in [0.1, 0.15) is 36.3 Å². The number of benzene rings is 1. The molecular formula is C22H21N5O3. The number of anilines is 1. The lowest BCUT2D eigenvalue weighted by atomic mass is 9.94. The third-order valence-electron chi connectivity index (χ3n) is 4.86. The second kappa shape index (κ2) is 7.87. The number of carbonyl (C=O) groups is 1. The van der Waals surface area contributed by atoms with Crippen molar-refractivity contribution in [2.75, 3.05) is 18.5 Å². The average Bonchev–Trinajstić information content (AvgIpc) is 3.03. The van der Waals surface area contributed by atoms with Crippen LogP contribution < -0.4 is 20.5 Å². The molecule has 3 N–H and O–H groups in total. The summed E-state index contributed by atoms with van der Waals surface area (Å²) in [6.07, 6.45) is 2.08. The summed E-state index contributed by atoms with van der Waals surface area (Å²) < 4.78 is 11.2. The van der Waals surface area contributed by atoms with Crippen molar-refractivity contribution >= 4 is 23.1 Å². The molecule has 1 amide bonds. The number of carbonyl (C=O) groups excluding carboxylic acids is 1. The maximum atomic E-state index is 12.6. The van der Waals surface area contributed by atoms with Gasteiger partial charge in [0, 0.05) is 17.7 Å². The quantitative estimate of drug-likeness (QED) is 0.762. The van der Waals surface area contributed by atoms with Crippen LogP contribution >= 0.6 is 0 Å². The number of rotatable bonds is 4. The highest BCUT2D eigenvalue weighted by molar-refractivity contribution is 6.41. The first-order valence-corrected chi connectivity index (χ1v) is 9.50. The Labute approximate surface area is 174 Å². The molecule has 1 unspecified atom stereocenters. The van der Waals surface area contributed by atoms with E-state index in [9.17, 15) is 4.79 Å². The first kappa shape index (κ1) is 19.5. The minimum Gasteiger partial charge on any atom is -0.493 e. The van der Waals surface area contributed by atoms with Gasteiger partial charge in [0.05, 0.1) is 18.5 Å². The summed E-state index contributed by atoms with van der Waals surface area (Å²) >= 11 is 0. The van der Waals surface area contributed by atoms with E-state index in [0.29, 0.717) is 41.8 Å². The van der Waals surface area contributed by atoms with Crippen LogP contribution in [0.3, 0.4) is 0 Å². The molecule has 2 aromatic rings. The van der Waals surface area contributed by atoms with Gasteiger partial charge in [0.1, 0.15) is 29.6 Å². The molecule has 8 heteroatoms. The van der Waals surface area contributed by atoms with Gasteiger partial charge < -0.3 is 20.5 Å². The SMILES string of the molecule is CC#CCOc1ccc(C(=O)Nc2ccc3c(c2)C2(CCO3)N=C(C)C(N)=N2)nc1. The molecule has 0 saturated carbocycles. The Kier molecular flexibility index (Phi) is 5.11. The van der Waals surface area contributed by atoms with Gasteiger partial charge in [-0.1, -0.05) is 5.92 Å². The van der Waals surface area contributed by atoms with Gasteiger partial charge in [-0.15, -0.1) is 5.92 Å². The van der Waals surface area contributed by atoms with E-state index in [-0.39, 0.29) is 18.2 Å². The minimum absolute atomic E-state index is 0.268. The first-order valence-electron chi connectivity index (χ1n) is 9.50. The van der Waals surface area contributed by atoms with Crippen LogP contribution in [0.5, 0.6) is 11.5 Å². The Morgan fingerprint density at radius 1 is 1.33 bits per heavy atom. The van der Waals surface area contributed by atoms with E-state index in [4.69, 9.17) is 15.2 Å². The number of ether oxygens (including phenoxy) is 2. The molecule has 0 radical (unpaired) electrons. The molecule has 30 heavy (non-hydrogen) atoms. The van der Waals surface area contributed by atoms with Gasteiger partial charge in [-0.05, 0) is 44.2 Å². The summed E-state index contributed by atoms with van der Waals surface area (Å²) in [5, 5.41) is 2.86. The van der Waals surface area contributed by atoms with Crippen molar-refractivity contribution in [1.82, 2.24) is 4.98 Å². The van der Waals surface area contributed by atoms with Gasteiger partial charge in [-0.25, -0.2) is 9.98 Å². The number of amidine groups is 1. The van der Waals surface area contributed by atoms with Crippen LogP contribution in [0.4, 0.5) is 5.69 Å². The van der Waals surface area contributed by atoms with Gasteiger partial charge in [-0.2, -0.15) is 0 Å². The van der Waals surface area contributed by atoms with Crippen LogP contribution in [-0.4, -0.2) is 35.7 Å². The molecule has 0 saturated heterocycles. The number of aliphatic imine (C=N–C) groups is 2. The molecule has 0 aliphatic carbocycles. The van der Waals surface area contributed by atoms with E-state index in [1.165, 1.54) is 6.20 Å². The fourth-order valence-corrected chi connectivity index (χ4v) is 3.34. The zero-order valence-corrected chi connectivity index (χ0v) is 16.7. The van der Waals surface area contributed by atoms with Gasteiger partial charge in [0.2, 0.25) is 0 Å². The van der Waals surface area contributed by atoms with E-state index in [2.05, 4.69) is 32.1 Å². The molecule has 8 nitrogen and oxygen atoms in total. The number of aromatic nitrogens is 1. The molecule has 1 aromatic carbocycles. The largest absolute Gasteiger partial charge is 0.493 e. The number of pyridine rings is 1. The topological polar surface area (TPSA) is 111 Å². The van der Waals surface area contributed by atoms with Crippen LogP contribution in [0.2, 0.25) is 0 Å². The molecule has 1 aromatic heterocycles. The van der Waals surface area contributed by atoms with Crippen LogP contribution in [0.25, 0.3) is 0 Å². The van der Waals surface area contributed by atoms with E-state index < -0.39 is 5.66 Å². The Hall–Kier alpha value is -3.86. The highest BCUT2D eigenvalue weighted by Crippen LogP contribution is 2.44.